The number of hydrogen-bond donors (Lipinski definition) is 0. The van der Waals surface area contributed by atoms with Gasteiger partial charge in [-0.25, -0.2) is 0 Å². The lowest BCUT2D eigenvalue weighted by Crippen LogP contribution is -2.54. The molecule has 0 fully saturated rings. The largest absolute Gasteiger partial charge is 0.573 e. The summed E-state index contributed by atoms with van der Waals surface area (Å²) in [4.78, 5) is 0. The van der Waals surface area contributed by atoms with Crippen LogP contribution in [0.25, 0.3) is 0 Å². The molecule has 54 heavy (non-hydrogen) atoms. The van der Waals surface area contributed by atoms with E-state index in [9.17, 15) is 0 Å². The van der Waals surface area contributed by atoms with Gasteiger partial charge >= 0.3 is 17.6 Å². The van der Waals surface area contributed by atoms with Crippen molar-refractivity contribution in [3.8, 4) is 0 Å². The van der Waals surface area contributed by atoms with Crippen molar-refractivity contribution in [3.63, 3.8) is 0 Å². The predicted molar refractivity (Wildman–Crippen MR) is 232 cm³/mol. The lowest BCUT2D eigenvalue weighted by molar-refractivity contribution is 0.0510. The van der Waals surface area contributed by atoms with Crippen LogP contribution in [0.5, 0.6) is 0 Å². The van der Waals surface area contributed by atoms with Gasteiger partial charge in [-0.15, -0.1) is 0 Å². The van der Waals surface area contributed by atoms with Gasteiger partial charge in [-0.3, -0.25) is 0 Å². The number of rotatable bonds is 42. The minimum absolute atomic E-state index is 0.0945. The van der Waals surface area contributed by atoms with Crippen LogP contribution in [0.2, 0.25) is 5.54 Å². The Balaban J connectivity index is 6.69. The monoisotopic (exact) mass is 803 g/mol. The molecule has 0 aromatic heterocycles. The topological polar surface area (TPSA) is 73.8 Å². The van der Waals surface area contributed by atoms with Gasteiger partial charge in [-0.2, -0.15) is 0 Å². The third kappa shape index (κ3) is 23.5. The van der Waals surface area contributed by atoms with Gasteiger partial charge in [0.15, 0.2) is 5.38 Å². The molecule has 8 nitrogen and oxygen atoms in total. The van der Waals surface area contributed by atoms with Gasteiger partial charge in [0.05, 0.1) is 25.0 Å². The zero-order chi connectivity index (χ0) is 40.0. The summed E-state index contributed by atoms with van der Waals surface area (Å²) in [5, 5.41) is 0.796. The van der Waals surface area contributed by atoms with E-state index in [1.54, 1.807) is 0 Å². The highest BCUT2D eigenvalue weighted by Gasteiger charge is 2.56. The maximum absolute atomic E-state index is 7.02. The Labute approximate surface area is 337 Å². The molecule has 0 rings (SSSR count). The average molecular weight is 803 g/mol. The van der Waals surface area contributed by atoms with Crippen LogP contribution in [0.1, 0.15) is 204 Å². The summed E-state index contributed by atoms with van der Waals surface area (Å²) in [6.45, 7) is 23.4. The molecular formula is C44H90O8Si2. The van der Waals surface area contributed by atoms with Gasteiger partial charge < -0.3 is 36.0 Å². The van der Waals surface area contributed by atoms with Crippen molar-refractivity contribution < 1.29 is 36.0 Å². The van der Waals surface area contributed by atoms with Gasteiger partial charge in [0.25, 0.3) is 0 Å². The highest BCUT2D eigenvalue weighted by molar-refractivity contribution is 6.69. The van der Waals surface area contributed by atoms with Crippen LogP contribution in [-0.4, -0.2) is 70.5 Å². The molecule has 0 heterocycles. The lowest BCUT2D eigenvalue weighted by atomic mass is 10.00. The van der Waals surface area contributed by atoms with E-state index < -0.39 is 17.6 Å². The van der Waals surface area contributed by atoms with E-state index in [1.165, 1.54) is 76.2 Å². The molecule has 0 saturated carbocycles. The Hall–Kier alpha value is -0.726. The van der Waals surface area contributed by atoms with Crippen molar-refractivity contribution in [2.75, 3.05) is 52.9 Å². The maximum atomic E-state index is 7.02. The Morgan fingerprint density at radius 1 is 0.463 bits per heavy atom. The van der Waals surface area contributed by atoms with E-state index >= 15 is 0 Å². The van der Waals surface area contributed by atoms with Crippen molar-refractivity contribution >= 4 is 17.6 Å². The Kier molecular flexibility index (Phi) is 37.3. The first-order valence-corrected chi connectivity index (χ1v) is 26.4. The van der Waals surface area contributed by atoms with Crippen LogP contribution in [0.4, 0.5) is 0 Å². The molecule has 1 atom stereocenters. The summed E-state index contributed by atoms with van der Waals surface area (Å²) in [7, 11) is -6.70. The number of unbranched alkanes of at least 4 members (excludes halogenated alkanes) is 16. The van der Waals surface area contributed by atoms with Gasteiger partial charge in [0.1, 0.15) is 0 Å². The van der Waals surface area contributed by atoms with E-state index in [2.05, 4.69) is 47.6 Å². The van der Waals surface area contributed by atoms with E-state index in [0.717, 1.165) is 82.6 Å². The average Bonchev–Trinajstić information content (AvgIpc) is 3.16. The first kappa shape index (κ1) is 53.3. The highest BCUT2D eigenvalue weighted by Crippen LogP contribution is 2.44. The molecule has 0 aliphatic carbocycles. The fourth-order valence-corrected chi connectivity index (χ4v) is 13.3. The fourth-order valence-electron chi connectivity index (χ4n) is 7.07. The Morgan fingerprint density at radius 2 is 0.907 bits per heavy atom. The van der Waals surface area contributed by atoms with Crippen molar-refractivity contribution in [2.45, 2.75) is 209 Å². The molecule has 0 spiro atoms. The molecular weight excluding hydrogens is 713 g/mol. The second-order valence-corrected chi connectivity index (χ2v) is 19.4. The maximum Gasteiger partial charge on any atom is 0.573 e. The quantitative estimate of drug-likeness (QED) is 0.0343. The molecule has 0 saturated heterocycles. The molecule has 0 aromatic carbocycles. The highest BCUT2D eigenvalue weighted by atomic mass is 28.4. The normalized spacial score (nSPS) is 13.5. The number of allylic oxidation sites excluding steroid dienone is 2. The van der Waals surface area contributed by atoms with Crippen LogP contribution in [-0.2, 0) is 36.0 Å². The molecule has 0 radical (unpaired) electrons. The second-order valence-electron chi connectivity index (χ2n) is 14.2. The summed E-state index contributed by atoms with van der Waals surface area (Å²) < 4.78 is 53.0. The van der Waals surface area contributed by atoms with Gasteiger partial charge in [0, 0.05) is 39.6 Å². The summed E-state index contributed by atoms with van der Waals surface area (Å²) in [6, 6.07) is 0. The molecule has 0 aliphatic heterocycles. The zero-order valence-electron chi connectivity index (χ0n) is 37.2. The van der Waals surface area contributed by atoms with Crippen molar-refractivity contribution in [1.29, 1.82) is 0 Å². The van der Waals surface area contributed by atoms with Crippen LogP contribution in [0.3, 0.4) is 0 Å². The minimum Gasteiger partial charge on any atom is -0.502 e. The molecule has 0 aliphatic rings. The Bertz CT molecular complexity index is 837. The van der Waals surface area contributed by atoms with Crippen LogP contribution in [0.15, 0.2) is 23.3 Å². The van der Waals surface area contributed by atoms with E-state index in [-0.39, 0.29) is 5.54 Å². The molecule has 0 aromatic rings. The molecule has 0 N–H and O–H groups in total. The first-order chi connectivity index (χ1) is 26.5. The van der Waals surface area contributed by atoms with Crippen LogP contribution >= 0.6 is 0 Å². The summed E-state index contributed by atoms with van der Waals surface area (Å²) >= 11 is 0. The van der Waals surface area contributed by atoms with E-state index in [0.29, 0.717) is 46.2 Å². The summed E-state index contributed by atoms with van der Waals surface area (Å²) in [5.41, 5.74) is 1.09. The molecule has 0 bridgehead atoms. The van der Waals surface area contributed by atoms with Crippen molar-refractivity contribution in [1.82, 2.24) is 0 Å². The van der Waals surface area contributed by atoms with Crippen LogP contribution in [0, 0.1) is 0 Å². The van der Waals surface area contributed by atoms with E-state index in [1.807, 2.05) is 27.0 Å². The van der Waals surface area contributed by atoms with Crippen LogP contribution < -0.4 is 0 Å². The smallest absolute Gasteiger partial charge is 0.502 e. The second kappa shape index (κ2) is 37.8. The molecule has 322 valence electrons. The summed E-state index contributed by atoms with van der Waals surface area (Å²) in [5.74, 6) is 0. The third-order valence-corrected chi connectivity index (χ3v) is 16.3. The van der Waals surface area contributed by atoms with E-state index in [4.69, 9.17) is 36.0 Å². The predicted octanol–water partition coefficient (Wildman–Crippen LogP) is 13.4. The molecule has 1 unspecified atom stereocenters. The standard InChI is InChI=1S/C44H90O8Si2/c1-10-19-22-25-29-34-39-45-40-35-30-27-28-33-38-43(53(47-13-4,48-14-5)49-15-6)42(37-32-24-21-12-3)44(46-41-36-31-26-23-20-11-2)54(50-16-7,51-17-8)52-18-9/h35,40,43H,10-34,36-39,41H2,1-9H3. The number of hydrogen-bond acceptors (Lipinski definition) is 8. The van der Waals surface area contributed by atoms with Gasteiger partial charge in [-0.1, -0.05) is 117 Å². The fraction of sp³-hybridized carbons (Fsp3) is 0.909. The van der Waals surface area contributed by atoms with Gasteiger partial charge in [-0.05, 0) is 98.1 Å². The SMILES string of the molecule is CCCCCCCCOC=CCCCCCC(C(CCCCCC)=C(OCCCCCCCC)[Si](OCC)(OCC)OCC)[Si](OCC)(OCC)OCC. The minimum atomic E-state index is -3.45. The van der Waals surface area contributed by atoms with Gasteiger partial charge in [0.2, 0.25) is 0 Å². The zero-order valence-corrected chi connectivity index (χ0v) is 39.2. The third-order valence-electron chi connectivity index (χ3n) is 9.67. The summed E-state index contributed by atoms with van der Waals surface area (Å²) in [6.07, 6.45) is 29.4. The number of ether oxygens (including phenoxy) is 2. The first-order valence-electron chi connectivity index (χ1n) is 22.9. The lowest BCUT2D eigenvalue weighted by Gasteiger charge is -2.39. The molecule has 10 heteroatoms. The Morgan fingerprint density at radius 3 is 1.41 bits per heavy atom. The van der Waals surface area contributed by atoms with Crippen molar-refractivity contribution in [3.05, 3.63) is 23.3 Å². The van der Waals surface area contributed by atoms with Crippen molar-refractivity contribution in [2.24, 2.45) is 0 Å². The molecule has 0 amide bonds.